The maximum absolute atomic E-state index is 12.2. The second-order valence-corrected chi connectivity index (χ2v) is 7.66. The molecule has 1 aliphatic rings. The number of nitrogens with zero attached hydrogens (tertiary/aromatic N) is 2. The van der Waals surface area contributed by atoms with Crippen LogP contribution in [0.5, 0.6) is 5.75 Å². The molecular formula is C23H24N2O2. The first-order valence-electron chi connectivity index (χ1n) is 9.39. The summed E-state index contributed by atoms with van der Waals surface area (Å²) in [6.07, 6.45) is 1.51. The number of fused-ring (bicyclic) bond motifs is 1. The molecule has 0 spiro atoms. The zero-order chi connectivity index (χ0) is 19.3. The second-order valence-electron chi connectivity index (χ2n) is 7.66. The summed E-state index contributed by atoms with van der Waals surface area (Å²) in [5, 5.41) is 11.5. The number of pyridine rings is 1. The predicted molar refractivity (Wildman–Crippen MR) is 109 cm³/mol. The lowest BCUT2D eigenvalue weighted by Gasteiger charge is -2.22. The van der Waals surface area contributed by atoms with Crippen LogP contribution in [0.15, 0.2) is 36.4 Å². The third-order valence-electron chi connectivity index (χ3n) is 5.48. The van der Waals surface area contributed by atoms with Crippen molar-refractivity contribution >= 4 is 22.5 Å². The van der Waals surface area contributed by atoms with E-state index < -0.39 is 0 Å². The standard InChI is InChI=1S/C23H24N2O2/c1-13-9-15(3)23(27)19(10-13)21-11-14(2)18-12-17(6-7-20(18)24-21)25-16(4)5-8-22(25)26/h6-7,9-12,16,27H,5,8H2,1-4H3. The molecule has 3 aromatic rings. The molecule has 1 saturated heterocycles. The van der Waals surface area contributed by atoms with Gasteiger partial charge in [-0.15, -0.1) is 0 Å². The minimum Gasteiger partial charge on any atom is -0.507 e. The van der Waals surface area contributed by atoms with Crippen LogP contribution < -0.4 is 4.90 Å². The molecule has 0 radical (unpaired) electrons. The van der Waals surface area contributed by atoms with Crippen LogP contribution >= 0.6 is 0 Å². The minimum atomic E-state index is 0.184. The summed E-state index contributed by atoms with van der Waals surface area (Å²) in [4.78, 5) is 18.9. The van der Waals surface area contributed by atoms with Gasteiger partial charge < -0.3 is 10.0 Å². The van der Waals surface area contributed by atoms with Gasteiger partial charge in [0.1, 0.15) is 5.75 Å². The van der Waals surface area contributed by atoms with Crippen molar-refractivity contribution in [2.24, 2.45) is 0 Å². The van der Waals surface area contributed by atoms with Gasteiger partial charge in [-0.2, -0.15) is 0 Å². The summed E-state index contributed by atoms with van der Waals surface area (Å²) in [7, 11) is 0. The largest absolute Gasteiger partial charge is 0.507 e. The summed E-state index contributed by atoms with van der Waals surface area (Å²) < 4.78 is 0. The Labute approximate surface area is 159 Å². The van der Waals surface area contributed by atoms with Crippen molar-refractivity contribution in [2.75, 3.05) is 4.90 Å². The number of hydrogen-bond donors (Lipinski definition) is 1. The molecule has 0 bridgehead atoms. The molecular weight excluding hydrogens is 336 g/mol. The van der Waals surface area contributed by atoms with E-state index in [1.165, 1.54) is 0 Å². The first kappa shape index (κ1) is 17.5. The van der Waals surface area contributed by atoms with E-state index >= 15 is 0 Å². The fourth-order valence-corrected chi connectivity index (χ4v) is 4.05. The molecule has 4 heteroatoms. The van der Waals surface area contributed by atoms with Gasteiger partial charge >= 0.3 is 0 Å². The van der Waals surface area contributed by atoms with Gasteiger partial charge in [-0.25, -0.2) is 4.98 Å². The van der Waals surface area contributed by atoms with Crippen LogP contribution in [0.1, 0.15) is 36.5 Å². The minimum absolute atomic E-state index is 0.184. The number of hydrogen-bond acceptors (Lipinski definition) is 3. The van der Waals surface area contributed by atoms with Crippen LogP contribution in [0, 0.1) is 20.8 Å². The van der Waals surface area contributed by atoms with E-state index in [0.717, 1.165) is 51.0 Å². The third kappa shape index (κ3) is 2.95. The smallest absolute Gasteiger partial charge is 0.227 e. The van der Waals surface area contributed by atoms with Gasteiger partial charge in [0.25, 0.3) is 0 Å². The Hall–Kier alpha value is -2.88. The van der Waals surface area contributed by atoms with Crippen LogP contribution in [0.4, 0.5) is 5.69 Å². The van der Waals surface area contributed by atoms with E-state index in [2.05, 4.69) is 13.0 Å². The van der Waals surface area contributed by atoms with Crippen molar-refractivity contribution in [2.45, 2.75) is 46.6 Å². The fraction of sp³-hybridized carbons (Fsp3) is 0.304. The fourth-order valence-electron chi connectivity index (χ4n) is 4.05. The number of aromatic nitrogens is 1. The summed E-state index contributed by atoms with van der Waals surface area (Å²) in [6.45, 7) is 8.06. The number of aryl methyl sites for hydroxylation is 3. The monoisotopic (exact) mass is 360 g/mol. The molecule has 2 heterocycles. The molecule has 0 saturated carbocycles. The summed E-state index contributed by atoms with van der Waals surface area (Å²) >= 11 is 0. The van der Waals surface area contributed by atoms with Crippen molar-refractivity contribution in [1.82, 2.24) is 4.98 Å². The SMILES string of the molecule is Cc1cc(C)c(O)c(-c2cc(C)c3cc(N4C(=O)CCC4C)ccc3n2)c1. The van der Waals surface area contributed by atoms with E-state index in [1.807, 2.05) is 56.0 Å². The lowest BCUT2D eigenvalue weighted by molar-refractivity contribution is -0.117. The van der Waals surface area contributed by atoms with Crippen LogP contribution in [-0.2, 0) is 4.79 Å². The number of carbonyl (C=O) groups excluding carboxylic acids is 1. The Morgan fingerprint density at radius 2 is 1.85 bits per heavy atom. The number of phenols is 1. The van der Waals surface area contributed by atoms with Crippen molar-refractivity contribution in [3.05, 3.63) is 53.1 Å². The van der Waals surface area contributed by atoms with Gasteiger partial charge in [-0.1, -0.05) is 6.07 Å². The van der Waals surface area contributed by atoms with E-state index in [4.69, 9.17) is 4.98 Å². The molecule has 1 fully saturated rings. The van der Waals surface area contributed by atoms with E-state index in [1.54, 1.807) is 0 Å². The highest BCUT2D eigenvalue weighted by Gasteiger charge is 2.29. The number of anilines is 1. The number of benzene rings is 2. The topological polar surface area (TPSA) is 53.4 Å². The number of rotatable bonds is 2. The highest BCUT2D eigenvalue weighted by atomic mass is 16.3. The van der Waals surface area contributed by atoms with Crippen molar-refractivity contribution in [1.29, 1.82) is 0 Å². The van der Waals surface area contributed by atoms with Gasteiger partial charge in [-0.3, -0.25) is 4.79 Å². The van der Waals surface area contributed by atoms with Crippen LogP contribution in [-0.4, -0.2) is 22.0 Å². The summed E-state index contributed by atoms with van der Waals surface area (Å²) in [5.41, 5.74) is 6.34. The Morgan fingerprint density at radius 1 is 1.07 bits per heavy atom. The van der Waals surface area contributed by atoms with Crippen LogP contribution in [0.25, 0.3) is 22.2 Å². The molecule has 2 aromatic carbocycles. The first-order chi connectivity index (χ1) is 12.8. The number of amides is 1. The maximum atomic E-state index is 12.2. The molecule has 1 N–H and O–H groups in total. The van der Waals surface area contributed by atoms with E-state index in [0.29, 0.717) is 6.42 Å². The molecule has 138 valence electrons. The molecule has 1 aliphatic heterocycles. The summed E-state index contributed by atoms with van der Waals surface area (Å²) in [6, 6.07) is 12.2. The molecule has 27 heavy (non-hydrogen) atoms. The lowest BCUT2D eigenvalue weighted by Crippen LogP contribution is -2.30. The third-order valence-corrected chi connectivity index (χ3v) is 5.48. The average molecular weight is 360 g/mol. The molecule has 4 rings (SSSR count). The molecule has 1 atom stereocenters. The maximum Gasteiger partial charge on any atom is 0.227 e. The predicted octanol–water partition coefficient (Wildman–Crippen LogP) is 5.05. The van der Waals surface area contributed by atoms with Crippen molar-refractivity contribution in [3.63, 3.8) is 0 Å². The molecule has 1 unspecified atom stereocenters. The molecule has 4 nitrogen and oxygen atoms in total. The van der Waals surface area contributed by atoms with E-state index in [9.17, 15) is 9.90 Å². The first-order valence-corrected chi connectivity index (χ1v) is 9.39. The quantitative estimate of drug-likeness (QED) is 0.696. The van der Waals surface area contributed by atoms with Gasteiger partial charge in [0.2, 0.25) is 5.91 Å². The highest BCUT2D eigenvalue weighted by molar-refractivity contribution is 5.99. The molecule has 1 amide bonds. The van der Waals surface area contributed by atoms with E-state index in [-0.39, 0.29) is 17.7 Å². The van der Waals surface area contributed by atoms with Crippen molar-refractivity contribution in [3.8, 4) is 17.0 Å². The van der Waals surface area contributed by atoms with Crippen LogP contribution in [0.3, 0.4) is 0 Å². The molecule has 0 aliphatic carbocycles. The van der Waals surface area contributed by atoms with Gasteiger partial charge in [0.05, 0.1) is 11.2 Å². The zero-order valence-corrected chi connectivity index (χ0v) is 16.2. The highest BCUT2D eigenvalue weighted by Crippen LogP contribution is 2.35. The van der Waals surface area contributed by atoms with Gasteiger partial charge in [-0.05, 0) is 81.1 Å². The number of phenolic OH excluding ortho intramolecular Hbond substituents is 1. The zero-order valence-electron chi connectivity index (χ0n) is 16.2. The van der Waals surface area contributed by atoms with Crippen molar-refractivity contribution < 1.29 is 9.90 Å². The average Bonchev–Trinajstić information content (AvgIpc) is 2.96. The van der Waals surface area contributed by atoms with Gasteiger partial charge in [0.15, 0.2) is 0 Å². The summed E-state index contributed by atoms with van der Waals surface area (Å²) in [5.74, 6) is 0.462. The molecule has 1 aromatic heterocycles. The second kappa shape index (κ2) is 6.38. The Bertz CT molecular complexity index is 1070. The van der Waals surface area contributed by atoms with Crippen LogP contribution in [0.2, 0.25) is 0 Å². The van der Waals surface area contributed by atoms with Gasteiger partial charge in [0, 0.05) is 29.1 Å². The Morgan fingerprint density at radius 3 is 2.56 bits per heavy atom. The normalized spacial score (nSPS) is 17.1. The lowest BCUT2D eigenvalue weighted by atomic mass is 10.00. The number of aromatic hydroxyl groups is 1. The Balaban J connectivity index is 1.84. The number of carbonyl (C=O) groups is 1. The Kier molecular flexibility index (Phi) is 4.14.